The Kier molecular flexibility index (Phi) is 4.71. The Hall–Kier alpha value is -2.21. The van der Waals surface area contributed by atoms with Crippen LogP contribution in [0.2, 0.25) is 0 Å². The van der Waals surface area contributed by atoms with Crippen LogP contribution < -0.4 is 0 Å². The summed E-state index contributed by atoms with van der Waals surface area (Å²) in [6.07, 6.45) is 1.12. The second-order valence-corrected chi connectivity index (χ2v) is 5.90. The molecule has 0 unspecified atom stereocenters. The minimum absolute atomic E-state index is 0.0555. The van der Waals surface area contributed by atoms with E-state index < -0.39 is 0 Å². The summed E-state index contributed by atoms with van der Waals surface area (Å²) < 4.78 is 5.73. The van der Waals surface area contributed by atoms with Crippen LogP contribution in [-0.4, -0.2) is 59.9 Å². The van der Waals surface area contributed by atoms with E-state index in [4.69, 9.17) is 4.74 Å². The molecule has 0 N–H and O–H groups in total. The lowest BCUT2D eigenvalue weighted by atomic mass is 10.1. The van der Waals surface area contributed by atoms with Crippen LogP contribution in [0, 0.1) is 0 Å². The lowest BCUT2D eigenvalue weighted by Gasteiger charge is -2.33. The van der Waals surface area contributed by atoms with E-state index in [0.717, 1.165) is 16.9 Å². The number of hydrogen-bond donors (Lipinski definition) is 0. The Morgan fingerprint density at radius 2 is 1.83 bits per heavy atom. The zero-order valence-electron chi connectivity index (χ0n) is 12.9. The summed E-state index contributed by atoms with van der Waals surface area (Å²) in [7, 11) is 0. The van der Waals surface area contributed by atoms with Gasteiger partial charge in [-0.2, -0.15) is 0 Å². The first-order valence-corrected chi connectivity index (χ1v) is 7.90. The first kappa shape index (κ1) is 15.7. The molecule has 6 heteroatoms. The summed E-state index contributed by atoms with van der Waals surface area (Å²) in [6.45, 7) is 1.32. The third-order valence-corrected chi connectivity index (χ3v) is 4.25. The van der Waals surface area contributed by atoms with Crippen molar-refractivity contribution in [3.05, 3.63) is 35.9 Å². The number of nitrogens with zero attached hydrogens (tertiary/aromatic N) is 2. The Labute approximate surface area is 135 Å². The van der Waals surface area contributed by atoms with Gasteiger partial charge in [0.25, 0.3) is 0 Å². The van der Waals surface area contributed by atoms with Crippen LogP contribution in [0.4, 0.5) is 0 Å². The first-order valence-electron chi connectivity index (χ1n) is 7.90. The Bertz CT molecular complexity index is 586. The Balaban J connectivity index is 1.56. The maximum Gasteiger partial charge on any atom is 0.242 e. The Morgan fingerprint density at radius 1 is 1.13 bits per heavy atom. The summed E-state index contributed by atoms with van der Waals surface area (Å²) in [6, 6.07) is 9.99. The van der Waals surface area contributed by atoms with Gasteiger partial charge in [-0.3, -0.25) is 19.3 Å². The molecule has 2 aliphatic rings. The maximum absolute atomic E-state index is 12.4. The van der Waals surface area contributed by atoms with Crippen LogP contribution in [-0.2, 0) is 25.5 Å². The van der Waals surface area contributed by atoms with Gasteiger partial charge in [0.1, 0.15) is 6.54 Å². The molecular formula is C17H20N2O4. The highest BCUT2D eigenvalue weighted by atomic mass is 16.5. The van der Waals surface area contributed by atoms with Gasteiger partial charge >= 0.3 is 0 Å². The van der Waals surface area contributed by atoms with Crippen molar-refractivity contribution in [3.8, 4) is 0 Å². The maximum atomic E-state index is 12.4. The van der Waals surface area contributed by atoms with E-state index in [-0.39, 0.29) is 43.2 Å². The van der Waals surface area contributed by atoms with Gasteiger partial charge < -0.3 is 9.64 Å². The highest BCUT2D eigenvalue weighted by molar-refractivity contribution is 6.04. The predicted molar refractivity (Wildman–Crippen MR) is 82.4 cm³/mol. The molecular weight excluding hydrogens is 296 g/mol. The molecule has 1 aromatic rings. The zero-order valence-corrected chi connectivity index (χ0v) is 12.9. The van der Waals surface area contributed by atoms with E-state index in [1.165, 1.54) is 0 Å². The van der Waals surface area contributed by atoms with Crippen molar-refractivity contribution in [2.45, 2.75) is 25.4 Å². The fourth-order valence-corrected chi connectivity index (χ4v) is 2.98. The van der Waals surface area contributed by atoms with Gasteiger partial charge in [-0.15, -0.1) is 0 Å². The SMILES string of the molecule is O=C(CN1C(=O)CCC1=O)N1CCO[C@H](Cc2ccccc2)C1. The molecule has 122 valence electrons. The fourth-order valence-electron chi connectivity index (χ4n) is 2.98. The fraction of sp³-hybridized carbons (Fsp3) is 0.471. The van der Waals surface area contributed by atoms with Gasteiger partial charge in [0.05, 0.1) is 12.7 Å². The topological polar surface area (TPSA) is 66.9 Å². The standard InChI is InChI=1S/C17H20N2O4/c20-15-6-7-16(21)19(15)12-17(22)18-8-9-23-14(11-18)10-13-4-2-1-3-5-13/h1-5,14H,6-12H2/t14-/m1/s1. The molecule has 0 bridgehead atoms. The molecule has 0 radical (unpaired) electrons. The third kappa shape index (κ3) is 3.76. The highest BCUT2D eigenvalue weighted by Gasteiger charge is 2.33. The minimum atomic E-state index is -0.252. The Morgan fingerprint density at radius 3 is 2.52 bits per heavy atom. The summed E-state index contributed by atoms with van der Waals surface area (Å²) >= 11 is 0. The van der Waals surface area contributed by atoms with Crippen LogP contribution in [0.5, 0.6) is 0 Å². The summed E-state index contributed by atoms with van der Waals surface area (Å²) in [5.74, 6) is -0.690. The van der Waals surface area contributed by atoms with E-state index in [1.54, 1.807) is 4.90 Å². The lowest BCUT2D eigenvalue weighted by Crippen LogP contribution is -2.50. The molecule has 0 saturated carbocycles. The number of imide groups is 1. The average Bonchev–Trinajstić information content (AvgIpc) is 2.88. The van der Waals surface area contributed by atoms with Gasteiger partial charge in [-0.1, -0.05) is 30.3 Å². The number of likely N-dealkylation sites (tertiary alicyclic amines) is 1. The average molecular weight is 316 g/mol. The number of carbonyl (C=O) groups is 3. The van der Waals surface area contributed by atoms with Crippen molar-refractivity contribution in [1.82, 2.24) is 9.80 Å². The second-order valence-electron chi connectivity index (χ2n) is 5.90. The molecule has 2 saturated heterocycles. The summed E-state index contributed by atoms with van der Waals surface area (Å²) in [4.78, 5) is 38.4. The van der Waals surface area contributed by atoms with Crippen molar-refractivity contribution in [2.75, 3.05) is 26.2 Å². The molecule has 0 aliphatic carbocycles. The van der Waals surface area contributed by atoms with Crippen molar-refractivity contribution in [1.29, 1.82) is 0 Å². The van der Waals surface area contributed by atoms with Gasteiger partial charge in [-0.25, -0.2) is 0 Å². The van der Waals surface area contributed by atoms with Crippen LogP contribution in [0.3, 0.4) is 0 Å². The van der Waals surface area contributed by atoms with Crippen LogP contribution in [0.25, 0.3) is 0 Å². The van der Waals surface area contributed by atoms with Crippen LogP contribution in [0.1, 0.15) is 18.4 Å². The number of rotatable bonds is 4. The molecule has 0 aromatic heterocycles. The normalized spacial score (nSPS) is 21.8. The molecule has 2 heterocycles. The third-order valence-electron chi connectivity index (χ3n) is 4.25. The van der Waals surface area contributed by atoms with Gasteiger partial charge in [-0.05, 0) is 5.56 Å². The predicted octanol–water partition coefficient (Wildman–Crippen LogP) is 0.605. The smallest absolute Gasteiger partial charge is 0.242 e. The molecule has 1 atom stereocenters. The largest absolute Gasteiger partial charge is 0.374 e. The molecule has 3 amide bonds. The number of morpholine rings is 1. The molecule has 1 aromatic carbocycles. The first-order chi connectivity index (χ1) is 11.1. The quantitative estimate of drug-likeness (QED) is 0.763. The van der Waals surface area contributed by atoms with Gasteiger partial charge in [0, 0.05) is 32.4 Å². The van der Waals surface area contributed by atoms with Crippen LogP contribution in [0.15, 0.2) is 30.3 Å². The zero-order chi connectivity index (χ0) is 16.2. The van der Waals surface area contributed by atoms with E-state index in [0.29, 0.717) is 19.7 Å². The lowest BCUT2D eigenvalue weighted by molar-refractivity contribution is -0.148. The number of ether oxygens (including phenoxy) is 1. The van der Waals surface area contributed by atoms with Crippen molar-refractivity contribution in [2.24, 2.45) is 0 Å². The van der Waals surface area contributed by atoms with E-state index >= 15 is 0 Å². The number of benzene rings is 1. The molecule has 6 nitrogen and oxygen atoms in total. The molecule has 3 rings (SSSR count). The van der Waals surface area contributed by atoms with Crippen LogP contribution >= 0.6 is 0 Å². The van der Waals surface area contributed by atoms with E-state index in [9.17, 15) is 14.4 Å². The molecule has 0 spiro atoms. The van der Waals surface area contributed by atoms with Crippen molar-refractivity contribution < 1.29 is 19.1 Å². The molecule has 2 aliphatic heterocycles. The van der Waals surface area contributed by atoms with E-state index in [1.807, 2.05) is 30.3 Å². The second kappa shape index (κ2) is 6.91. The number of carbonyl (C=O) groups excluding carboxylic acids is 3. The molecule has 2 fully saturated rings. The summed E-state index contributed by atoms with van der Waals surface area (Å²) in [5, 5.41) is 0. The summed E-state index contributed by atoms with van der Waals surface area (Å²) in [5.41, 5.74) is 1.16. The highest BCUT2D eigenvalue weighted by Crippen LogP contribution is 2.15. The van der Waals surface area contributed by atoms with Crippen molar-refractivity contribution >= 4 is 17.7 Å². The minimum Gasteiger partial charge on any atom is -0.374 e. The van der Waals surface area contributed by atoms with E-state index in [2.05, 4.69) is 0 Å². The van der Waals surface area contributed by atoms with Gasteiger partial charge in [0.2, 0.25) is 17.7 Å². The van der Waals surface area contributed by atoms with Gasteiger partial charge in [0.15, 0.2) is 0 Å². The van der Waals surface area contributed by atoms with Crippen molar-refractivity contribution in [3.63, 3.8) is 0 Å². The number of hydrogen-bond acceptors (Lipinski definition) is 4. The molecule has 23 heavy (non-hydrogen) atoms. The monoisotopic (exact) mass is 316 g/mol. The number of amides is 3.